The quantitative estimate of drug-likeness (QED) is 0.839. The van der Waals surface area contributed by atoms with Crippen molar-refractivity contribution in [2.45, 2.75) is 30.4 Å². The van der Waals surface area contributed by atoms with Gasteiger partial charge < -0.3 is 10.1 Å². The summed E-state index contributed by atoms with van der Waals surface area (Å²) in [5, 5.41) is 2.42. The first-order chi connectivity index (χ1) is 10.4. The first-order valence-corrected chi connectivity index (χ1v) is 9.14. The van der Waals surface area contributed by atoms with E-state index in [-0.39, 0.29) is 15.9 Å². The average molecular weight is 342 g/mol. The van der Waals surface area contributed by atoms with Crippen molar-refractivity contribution >= 4 is 38.5 Å². The van der Waals surface area contributed by atoms with Gasteiger partial charge >= 0.3 is 0 Å². The molecule has 0 aliphatic carbocycles. The second-order valence-electron chi connectivity index (χ2n) is 5.04. The number of nitrogens with one attached hydrogen (secondary N) is 2. The Balaban J connectivity index is 1.87. The van der Waals surface area contributed by atoms with Crippen molar-refractivity contribution < 1.29 is 22.7 Å². The molecule has 9 heteroatoms. The van der Waals surface area contributed by atoms with Gasteiger partial charge in [-0.1, -0.05) is 11.8 Å². The highest BCUT2D eigenvalue weighted by molar-refractivity contribution is 8.14. The lowest BCUT2D eigenvalue weighted by Crippen LogP contribution is -2.37. The van der Waals surface area contributed by atoms with Crippen LogP contribution in [-0.4, -0.2) is 37.3 Å². The fourth-order valence-corrected chi connectivity index (χ4v) is 4.48. The van der Waals surface area contributed by atoms with Gasteiger partial charge in [-0.3, -0.25) is 9.59 Å². The summed E-state index contributed by atoms with van der Waals surface area (Å²) in [6.07, 6.45) is -0.147. The number of carbonyl (C=O) groups is 2. The monoisotopic (exact) mass is 342 g/mol. The lowest BCUT2D eigenvalue weighted by Gasteiger charge is -2.23. The highest BCUT2D eigenvalue weighted by Gasteiger charge is 2.31. The highest BCUT2D eigenvalue weighted by Crippen LogP contribution is 2.32. The Morgan fingerprint density at radius 1 is 1.36 bits per heavy atom. The molecule has 22 heavy (non-hydrogen) atoms. The normalized spacial score (nSPS) is 24.6. The molecule has 0 unspecified atom stereocenters. The van der Waals surface area contributed by atoms with Crippen molar-refractivity contribution in [1.29, 1.82) is 0 Å². The van der Waals surface area contributed by atoms with Gasteiger partial charge in [-0.2, -0.15) is 4.72 Å². The van der Waals surface area contributed by atoms with Crippen molar-refractivity contribution in [2.24, 2.45) is 0 Å². The molecule has 2 aliphatic heterocycles. The van der Waals surface area contributed by atoms with E-state index in [9.17, 15) is 18.0 Å². The zero-order chi connectivity index (χ0) is 15.9. The molecule has 1 amide bonds. The van der Waals surface area contributed by atoms with Gasteiger partial charge in [-0.15, -0.1) is 0 Å². The molecule has 2 atom stereocenters. The number of carbonyl (C=O) groups excluding carboxylic acids is 2. The first kappa shape index (κ1) is 15.3. The summed E-state index contributed by atoms with van der Waals surface area (Å²) in [6, 6.07) is 3.51. The standard InChI is InChI=1S/C13H14N2O5S2/c1-7-12(16)14-10-6-8(2-3-11(10)20-7)22(18,19)15-9-4-5-21-13(9)17/h2-3,6-7,9,15H,4-5H2,1H3,(H,14,16)/t7-,9-/m1/s1. The van der Waals surface area contributed by atoms with Crippen LogP contribution in [0.1, 0.15) is 13.3 Å². The number of amides is 1. The van der Waals surface area contributed by atoms with Crippen LogP contribution >= 0.6 is 11.8 Å². The topological polar surface area (TPSA) is 102 Å². The molecule has 118 valence electrons. The molecule has 2 heterocycles. The van der Waals surface area contributed by atoms with Gasteiger partial charge in [0.05, 0.1) is 16.6 Å². The average Bonchev–Trinajstić information content (AvgIpc) is 2.84. The van der Waals surface area contributed by atoms with Gasteiger partial charge in [-0.25, -0.2) is 8.42 Å². The van der Waals surface area contributed by atoms with Crippen molar-refractivity contribution in [3.63, 3.8) is 0 Å². The summed E-state index contributed by atoms with van der Waals surface area (Å²) in [4.78, 5) is 23.1. The van der Waals surface area contributed by atoms with E-state index in [1.165, 1.54) is 18.2 Å². The maximum absolute atomic E-state index is 12.3. The lowest BCUT2D eigenvalue weighted by molar-refractivity contribution is -0.122. The molecule has 0 radical (unpaired) electrons. The smallest absolute Gasteiger partial charge is 0.265 e. The van der Waals surface area contributed by atoms with Crippen molar-refractivity contribution in [1.82, 2.24) is 4.72 Å². The Kier molecular flexibility index (Phi) is 3.87. The minimum atomic E-state index is -3.83. The highest BCUT2D eigenvalue weighted by atomic mass is 32.2. The molecule has 1 fully saturated rings. The molecule has 1 aromatic rings. The van der Waals surface area contributed by atoms with Gasteiger partial charge in [-0.05, 0) is 31.5 Å². The molecule has 7 nitrogen and oxygen atoms in total. The largest absolute Gasteiger partial charge is 0.479 e. The minimum absolute atomic E-state index is 0.0191. The van der Waals surface area contributed by atoms with E-state index < -0.39 is 22.2 Å². The van der Waals surface area contributed by atoms with E-state index in [4.69, 9.17) is 4.74 Å². The molecule has 0 saturated carbocycles. The fraction of sp³-hybridized carbons (Fsp3) is 0.385. The molecular formula is C13H14N2O5S2. The van der Waals surface area contributed by atoms with Crippen LogP contribution in [-0.2, 0) is 19.6 Å². The van der Waals surface area contributed by atoms with Crippen LogP contribution in [0.15, 0.2) is 23.1 Å². The van der Waals surface area contributed by atoms with Gasteiger partial charge in [0.1, 0.15) is 5.75 Å². The van der Waals surface area contributed by atoms with Crippen LogP contribution < -0.4 is 14.8 Å². The summed E-state index contributed by atoms with van der Waals surface area (Å²) in [5.41, 5.74) is 0.304. The number of thioether (sulfide) groups is 1. The van der Waals surface area contributed by atoms with Crippen LogP contribution in [0.5, 0.6) is 5.75 Å². The summed E-state index contributed by atoms with van der Waals surface area (Å²) in [6.45, 7) is 1.61. The number of sulfonamides is 1. The molecule has 1 aromatic carbocycles. The Morgan fingerprint density at radius 3 is 2.82 bits per heavy atom. The number of hydrogen-bond donors (Lipinski definition) is 2. The molecule has 0 bridgehead atoms. The molecule has 2 aliphatic rings. The van der Waals surface area contributed by atoms with E-state index in [1.54, 1.807) is 6.92 Å². The number of fused-ring (bicyclic) bond motifs is 1. The predicted molar refractivity (Wildman–Crippen MR) is 81.4 cm³/mol. The third kappa shape index (κ3) is 2.83. The van der Waals surface area contributed by atoms with Crippen molar-refractivity contribution in [3.8, 4) is 5.75 Å². The zero-order valence-corrected chi connectivity index (χ0v) is 13.3. The van der Waals surface area contributed by atoms with E-state index in [0.29, 0.717) is 23.6 Å². The maximum atomic E-state index is 12.3. The second kappa shape index (κ2) is 5.56. The van der Waals surface area contributed by atoms with Crippen LogP contribution in [0.2, 0.25) is 0 Å². The van der Waals surface area contributed by atoms with Gasteiger partial charge in [0.25, 0.3) is 5.91 Å². The van der Waals surface area contributed by atoms with E-state index >= 15 is 0 Å². The van der Waals surface area contributed by atoms with Gasteiger partial charge in [0.15, 0.2) is 6.10 Å². The number of ether oxygens (including phenoxy) is 1. The third-order valence-electron chi connectivity index (χ3n) is 3.42. The summed E-state index contributed by atoms with van der Waals surface area (Å²) < 4.78 is 32.5. The number of benzene rings is 1. The number of hydrogen-bond acceptors (Lipinski definition) is 6. The summed E-state index contributed by atoms with van der Waals surface area (Å²) in [5.74, 6) is 0.689. The second-order valence-corrected chi connectivity index (χ2v) is 7.85. The molecule has 0 aromatic heterocycles. The lowest BCUT2D eigenvalue weighted by atomic mass is 10.2. The fourth-order valence-electron chi connectivity index (χ4n) is 2.21. The Bertz CT molecular complexity index is 747. The Hall–Kier alpha value is -1.58. The Labute approximate surface area is 131 Å². The molecule has 0 spiro atoms. The van der Waals surface area contributed by atoms with Crippen molar-refractivity contribution in [2.75, 3.05) is 11.1 Å². The van der Waals surface area contributed by atoms with Crippen molar-refractivity contribution in [3.05, 3.63) is 18.2 Å². The molecular weight excluding hydrogens is 328 g/mol. The predicted octanol–water partition coefficient (Wildman–Crippen LogP) is 0.716. The number of anilines is 1. The molecule has 1 saturated heterocycles. The summed E-state index contributed by atoms with van der Waals surface area (Å²) in [7, 11) is -3.83. The van der Waals surface area contributed by atoms with Crippen LogP contribution in [0, 0.1) is 0 Å². The van der Waals surface area contributed by atoms with E-state index in [2.05, 4.69) is 10.0 Å². The number of rotatable bonds is 3. The SMILES string of the molecule is C[C@H]1Oc2ccc(S(=O)(=O)N[C@@H]3CCSC3=O)cc2NC1=O. The van der Waals surface area contributed by atoms with Crippen LogP contribution in [0.4, 0.5) is 5.69 Å². The van der Waals surface area contributed by atoms with E-state index in [1.807, 2.05) is 0 Å². The molecule has 2 N–H and O–H groups in total. The van der Waals surface area contributed by atoms with E-state index in [0.717, 1.165) is 11.8 Å². The summed E-state index contributed by atoms with van der Waals surface area (Å²) >= 11 is 1.12. The van der Waals surface area contributed by atoms with Gasteiger partial charge in [0, 0.05) is 5.75 Å². The van der Waals surface area contributed by atoms with Crippen LogP contribution in [0.3, 0.4) is 0 Å². The third-order valence-corrected chi connectivity index (χ3v) is 5.90. The zero-order valence-electron chi connectivity index (χ0n) is 11.7. The maximum Gasteiger partial charge on any atom is 0.265 e. The minimum Gasteiger partial charge on any atom is -0.479 e. The molecule has 3 rings (SSSR count). The van der Waals surface area contributed by atoms with Crippen LogP contribution in [0.25, 0.3) is 0 Å². The van der Waals surface area contributed by atoms with Gasteiger partial charge in [0.2, 0.25) is 15.1 Å². The first-order valence-electron chi connectivity index (χ1n) is 6.67. The Morgan fingerprint density at radius 2 is 2.14 bits per heavy atom.